The van der Waals surface area contributed by atoms with Crippen molar-refractivity contribution >= 4 is 0 Å². The van der Waals surface area contributed by atoms with E-state index in [4.69, 9.17) is 4.74 Å². The van der Waals surface area contributed by atoms with Gasteiger partial charge in [-0.2, -0.15) is 0 Å². The van der Waals surface area contributed by atoms with Crippen LogP contribution in [0, 0.1) is 5.41 Å². The fourth-order valence-corrected chi connectivity index (χ4v) is 2.39. The second-order valence-corrected chi connectivity index (χ2v) is 4.77. The van der Waals surface area contributed by atoms with E-state index < -0.39 is 0 Å². The van der Waals surface area contributed by atoms with Crippen molar-refractivity contribution in [1.82, 2.24) is 5.32 Å². The molecule has 1 saturated heterocycles. The maximum absolute atomic E-state index is 5.76. The second-order valence-electron chi connectivity index (χ2n) is 4.77. The molecule has 2 rings (SSSR count). The average molecular weight is 219 g/mol. The SMILES string of the molecule is CCCC1(CCOc2ccccc2)CNC1. The van der Waals surface area contributed by atoms with Crippen LogP contribution in [0.4, 0.5) is 0 Å². The van der Waals surface area contributed by atoms with Gasteiger partial charge in [0.15, 0.2) is 0 Å². The predicted molar refractivity (Wildman–Crippen MR) is 66.8 cm³/mol. The van der Waals surface area contributed by atoms with Gasteiger partial charge in [-0.3, -0.25) is 0 Å². The first-order chi connectivity index (χ1) is 7.85. The van der Waals surface area contributed by atoms with Crippen molar-refractivity contribution < 1.29 is 4.74 Å². The molecule has 0 spiro atoms. The average Bonchev–Trinajstić information content (AvgIpc) is 2.27. The van der Waals surface area contributed by atoms with Crippen molar-refractivity contribution in [3.05, 3.63) is 30.3 Å². The minimum absolute atomic E-state index is 0.517. The molecule has 0 bridgehead atoms. The van der Waals surface area contributed by atoms with Crippen LogP contribution < -0.4 is 10.1 Å². The lowest BCUT2D eigenvalue weighted by Gasteiger charge is -2.42. The van der Waals surface area contributed by atoms with E-state index in [-0.39, 0.29) is 0 Å². The molecule has 0 radical (unpaired) electrons. The van der Waals surface area contributed by atoms with Gasteiger partial charge < -0.3 is 10.1 Å². The van der Waals surface area contributed by atoms with Gasteiger partial charge in [0, 0.05) is 13.1 Å². The molecule has 2 nitrogen and oxygen atoms in total. The number of hydrogen-bond donors (Lipinski definition) is 1. The van der Waals surface area contributed by atoms with Gasteiger partial charge in [-0.25, -0.2) is 0 Å². The zero-order chi connectivity index (χ0) is 11.3. The summed E-state index contributed by atoms with van der Waals surface area (Å²) >= 11 is 0. The highest BCUT2D eigenvalue weighted by Crippen LogP contribution is 2.32. The Labute approximate surface area is 98.0 Å². The largest absolute Gasteiger partial charge is 0.494 e. The summed E-state index contributed by atoms with van der Waals surface area (Å²) in [7, 11) is 0. The van der Waals surface area contributed by atoms with Crippen molar-refractivity contribution in [2.75, 3.05) is 19.7 Å². The Kier molecular flexibility index (Phi) is 3.83. The van der Waals surface area contributed by atoms with Gasteiger partial charge in [-0.15, -0.1) is 0 Å². The third-order valence-corrected chi connectivity index (χ3v) is 3.42. The molecule has 0 saturated carbocycles. The van der Waals surface area contributed by atoms with Crippen LogP contribution in [0.1, 0.15) is 26.2 Å². The number of ether oxygens (including phenoxy) is 1. The van der Waals surface area contributed by atoms with Crippen molar-refractivity contribution in [3.8, 4) is 5.75 Å². The molecule has 2 heteroatoms. The highest BCUT2D eigenvalue weighted by atomic mass is 16.5. The molecule has 1 aliphatic rings. The Hall–Kier alpha value is -1.02. The number of para-hydroxylation sites is 1. The number of nitrogens with one attached hydrogen (secondary N) is 1. The van der Waals surface area contributed by atoms with Crippen molar-refractivity contribution in [1.29, 1.82) is 0 Å². The fraction of sp³-hybridized carbons (Fsp3) is 0.571. The first-order valence-electron chi connectivity index (χ1n) is 6.23. The summed E-state index contributed by atoms with van der Waals surface area (Å²) in [6.07, 6.45) is 3.76. The summed E-state index contributed by atoms with van der Waals surface area (Å²) in [4.78, 5) is 0. The molecule has 16 heavy (non-hydrogen) atoms. The Morgan fingerprint density at radius 1 is 1.19 bits per heavy atom. The van der Waals surface area contributed by atoms with Gasteiger partial charge in [-0.05, 0) is 30.4 Å². The molecular weight excluding hydrogens is 198 g/mol. The van der Waals surface area contributed by atoms with E-state index in [1.165, 1.54) is 32.4 Å². The molecule has 1 aromatic rings. The van der Waals surface area contributed by atoms with Crippen LogP contribution >= 0.6 is 0 Å². The van der Waals surface area contributed by atoms with Crippen LogP contribution in [0.2, 0.25) is 0 Å². The number of rotatable bonds is 6. The molecule has 0 atom stereocenters. The Balaban J connectivity index is 1.75. The second kappa shape index (κ2) is 5.35. The number of benzene rings is 1. The van der Waals surface area contributed by atoms with Crippen molar-refractivity contribution in [3.63, 3.8) is 0 Å². The van der Waals surface area contributed by atoms with Crippen LogP contribution in [0.3, 0.4) is 0 Å². The van der Waals surface area contributed by atoms with E-state index in [0.717, 1.165) is 12.4 Å². The minimum Gasteiger partial charge on any atom is -0.494 e. The topological polar surface area (TPSA) is 21.3 Å². The van der Waals surface area contributed by atoms with Gasteiger partial charge in [0.1, 0.15) is 5.75 Å². The standard InChI is InChI=1S/C14H21NO/c1-2-8-14(11-15-12-14)9-10-16-13-6-4-3-5-7-13/h3-7,15H,2,8-12H2,1H3. The minimum atomic E-state index is 0.517. The zero-order valence-corrected chi connectivity index (χ0v) is 10.0. The Morgan fingerprint density at radius 3 is 2.50 bits per heavy atom. The molecule has 1 aromatic carbocycles. The molecule has 1 aliphatic heterocycles. The molecule has 1 N–H and O–H groups in total. The summed E-state index contributed by atoms with van der Waals surface area (Å²) in [6.45, 7) is 5.43. The monoisotopic (exact) mass is 219 g/mol. The molecular formula is C14H21NO. The Morgan fingerprint density at radius 2 is 1.94 bits per heavy atom. The van der Waals surface area contributed by atoms with Crippen molar-refractivity contribution in [2.45, 2.75) is 26.2 Å². The van der Waals surface area contributed by atoms with Crippen LogP contribution in [0.15, 0.2) is 30.3 Å². The highest BCUT2D eigenvalue weighted by Gasteiger charge is 2.35. The first kappa shape index (κ1) is 11.5. The lowest BCUT2D eigenvalue weighted by atomic mass is 9.75. The van der Waals surface area contributed by atoms with Gasteiger partial charge in [0.05, 0.1) is 6.61 Å². The van der Waals surface area contributed by atoms with E-state index >= 15 is 0 Å². The summed E-state index contributed by atoms with van der Waals surface area (Å²) < 4.78 is 5.76. The predicted octanol–water partition coefficient (Wildman–Crippen LogP) is 2.85. The molecule has 88 valence electrons. The maximum atomic E-state index is 5.76. The lowest BCUT2D eigenvalue weighted by Crippen LogP contribution is -2.53. The van der Waals surface area contributed by atoms with E-state index in [1.807, 2.05) is 30.3 Å². The number of hydrogen-bond acceptors (Lipinski definition) is 2. The van der Waals surface area contributed by atoms with Gasteiger partial charge in [0.25, 0.3) is 0 Å². The van der Waals surface area contributed by atoms with Crippen LogP contribution in [0.25, 0.3) is 0 Å². The highest BCUT2D eigenvalue weighted by molar-refractivity contribution is 5.20. The molecule has 0 unspecified atom stereocenters. The van der Waals surface area contributed by atoms with E-state index in [9.17, 15) is 0 Å². The molecule has 0 aromatic heterocycles. The molecule has 1 heterocycles. The van der Waals surface area contributed by atoms with Crippen LogP contribution in [-0.4, -0.2) is 19.7 Å². The zero-order valence-electron chi connectivity index (χ0n) is 10.0. The van der Waals surface area contributed by atoms with Crippen LogP contribution in [-0.2, 0) is 0 Å². The fourth-order valence-electron chi connectivity index (χ4n) is 2.39. The van der Waals surface area contributed by atoms with Gasteiger partial charge in [0.2, 0.25) is 0 Å². The summed E-state index contributed by atoms with van der Waals surface area (Å²) in [6, 6.07) is 10.1. The first-order valence-corrected chi connectivity index (χ1v) is 6.23. The summed E-state index contributed by atoms with van der Waals surface area (Å²) in [5.41, 5.74) is 0.517. The maximum Gasteiger partial charge on any atom is 0.119 e. The van der Waals surface area contributed by atoms with E-state index in [1.54, 1.807) is 0 Å². The van der Waals surface area contributed by atoms with E-state index in [0.29, 0.717) is 5.41 Å². The Bertz CT molecular complexity index is 306. The molecule has 1 fully saturated rings. The lowest BCUT2D eigenvalue weighted by molar-refractivity contribution is 0.109. The summed E-state index contributed by atoms with van der Waals surface area (Å²) in [5, 5.41) is 3.38. The normalized spacial score (nSPS) is 17.8. The summed E-state index contributed by atoms with van der Waals surface area (Å²) in [5.74, 6) is 0.987. The molecule has 0 aliphatic carbocycles. The van der Waals surface area contributed by atoms with Gasteiger partial charge >= 0.3 is 0 Å². The quantitative estimate of drug-likeness (QED) is 0.794. The third-order valence-electron chi connectivity index (χ3n) is 3.42. The smallest absolute Gasteiger partial charge is 0.119 e. The van der Waals surface area contributed by atoms with Gasteiger partial charge in [-0.1, -0.05) is 31.5 Å². The van der Waals surface area contributed by atoms with Crippen LogP contribution in [0.5, 0.6) is 5.75 Å². The third kappa shape index (κ3) is 2.76. The van der Waals surface area contributed by atoms with Crippen molar-refractivity contribution in [2.24, 2.45) is 5.41 Å². The van der Waals surface area contributed by atoms with E-state index in [2.05, 4.69) is 12.2 Å². The molecule has 0 amide bonds.